The van der Waals surface area contributed by atoms with Gasteiger partial charge in [-0.25, -0.2) is 4.39 Å². The molecule has 0 aliphatic rings. The van der Waals surface area contributed by atoms with Gasteiger partial charge in [-0.15, -0.1) is 0 Å². The molecule has 0 aliphatic carbocycles. The van der Waals surface area contributed by atoms with Gasteiger partial charge in [0.25, 0.3) is 11.8 Å². The van der Waals surface area contributed by atoms with E-state index >= 15 is 0 Å². The van der Waals surface area contributed by atoms with Gasteiger partial charge in [0.1, 0.15) is 11.6 Å². The van der Waals surface area contributed by atoms with Crippen LogP contribution in [0.2, 0.25) is 5.02 Å². The van der Waals surface area contributed by atoms with Crippen molar-refractivity contribution in [1.82, 2.24) is 10.6 Å². The van der Waals surface area contributed by atoms with Gasteiger partial charge in [0.15, 0.2) is 6.61 Å². The zero-order valence-corrected chi connectivity index (χ0v) is 14.4. The van der Waals surface area contributed by atoms with Gasteiger partial charge in [-0.1, -0.05) is 23.7 Å². The van der Waals surface area contributed by atoms with Crippen LogP contribution in [0.4, 0.5) is 4.39 Å². The third-order valence-corrected chi connectivity index (χ3v) is 3.58. The number of hydrogen-bond donors (Lipinski definition) is 2. The molecule has 0 radical (unpaired) electrons. The number of aryl methyl sites for hydroxylation is 1. The van der Waals surface area contributed by atoms with Gasteiger partial charge in [0.05, 0.1) is 5.56 Å². The lowest BCUT2D eigenvalue weighted by Crippen LogP contribution is -2.37. The number of nitrogens with one attached hydrogen (secondary N) is 2. The summed E-state index contributed by atoms with van der Waals surface area (Å²) < 4.78 is 18.9. The van der Waals surface area contributed by atoms with Gasteiger partial charge in [0.2, 0.25) is 0 Å². The first-order valence-electron chi connectivity index (χ1n) is 7.66. The summed E-state index contributed by atoms with van der Waals surface area (Å²) in [5, 5.41) is 5.74. The number of carbonyl (C=O) groups is 2. The summed E-state index contributed by atoms with van der Waals surface area (Å²) in [7, 11) is 0. The third-order valence-electron chi connectivity index (χ3n) is 3.35. The van der Waals surface area contributed by atoms with Crippen LogP contribution < -0.4 is 15.4 Å². The Balaban J connectivity index is 1.68. The van der Waals surface area contributed by atoms with Crippen molar-refractivity contribution in [2.45, 2.75) is 6.92 Å². The predicted octanol–water partition coefficient (Wildman–Crippen LogP) is 2.71. The molecule has 0 fully saturated rings. The SMILES string of the molecule is Cc1cc(Cl)ccc1OCC(=O)NCCNC(=O)c1ccccc1F. The van der Waals surface area contributed by atoms with Gasteiger partial charge in [-0.2, -0.15) is 0 Å². The van der Waals surface area contributed by atoms with Crippen molar-refractivity contribution in [2.75, 3.05) is 19.7 Å². The smallest absolute Gasteiger partial charge is 0.258 e. The fourth-order valence-electron chi connectivity index (χ4n) is 2.09. The van der Waals surface area contributed by atoms with E-state index in [0.29, 0.717) is 10.8 Å². The summed E-state index contributed by atoms with van der Waals surface area (Å²) >= 11 is 5.85. The highest BCUT2D eigenvalue weighted by atomic mass is 35.5. The molecule has 0 heterocycles. The van der Waals surface area contributed by atoms with Crippen molar-refractivity contribution in [2.24, 2.45) is 0 Å². The first-order chi connectivity index (χ1) is 12.0. The summed E-state index contributed by atoms with van der Waals surface area (Å²) in [6.07, 6.45) is 0. The van der Waals surface area contributed by atoms with Crippen LogP contribution in [0.1, 0.15) is 15.9 Å². The maximum atomic E-state index is 13.4. The molecule has 0 aliphatic heterocycles. The quantitative estimate of drug-likeness (QED) is 0.742. The number of amides is 2. The maximum absolute atomic E-state index is 13.4. The number of halogens is 2. The number of hydrogen-bond acceptors (Lipinski definition) is 3. The summed E-state index contributed by atoms with van der Waals surface area (Å²) in [6.45, 7) is 2.07. The summed E-state index contributed by atoms with van der Waals surface area (Å²) in [4.78, 5) is 23.5. The van der Waals surface area contributed by atoms with E-state index in [2.05, 4.69) is 10.6 Å². The summed E-state index contributed by atoms with van der Waals surface area (Å²) in [6, 6.07) is 10.8. The molecule has 0 bridgehead atoms. The van der Waals surface area contributed by atoms with Gasteiger partial charge in [0, 0.05) is 18.1 Å². The van der Waals surface area contributed by atoms with Crippen molar-refractivity contribution >= 4 is 23.4 Å². The van der Waals surface area contributed by atoms with E-state index in [1.165, 1.54) is 18.2 Å². The van der Waals surface area contributed by atoms with E-state index in [9.17, 15) is 14.0 Å². The van der Waals surface area contributed by atoms with Crippen LogP contribution >= 0.6 is 11.6 Å². The molecule has 7 heteroatoms. The fourth-order valence-corrected chi connectivity index (χ4v) is 2.31. The van der Waals surface area contributed by atoms with Crippen LogP contribution in [0.3, 0.4) is 0 Å². The molecular formula is C18H18ClFN2O3. The molecule has 0 atom stereocenters. The molecule has 25 heavy (non-hydrogen) atoms. The Morgan fingerprint density at radius 1 is 1.12 bits per heavy atom. The Kier molecular flexibility index (Phi) is 6.77. The first-order valence-corrected chi connectivity index (χ1v) is 8.03. The maximum Gasteiger partial charge on any atom is 0.258 e. The first kappa shape index (κ1) is 18.7. The minimum absolute atomic E-state index is 0.0321. The van der Waals surface area contributed by atoms with Crippen molar-refractivity contribution in [3.05, 3.63) is 64.4 Å². The summed E-state index contributed by atoms with van der Waals surface area (Å²) in [5.41, 5.74) is 0.799. The van der Waals surface area contributed by atoms with E-state index in [1.807, 2.05) is 6.92 Å². The highest BCUT2D eigenvalue weighted by Crippen LogP contribution is 2.21. The highest BCUT2D eigenvalue weighted by Gasteiger charge is 2.10. The minimum Gasteiger partial charge on any atom is -0.484 e. The molecule has 2 aromatic carbocycles. The van der Waals surface area contributed by atoms with Gasteiger partial charge in [-0.05, 0) is 42.8 Å². The predicted molar refractivity (Wildman–Crippen MR) is 93.4 cm³/mol. The van der Waals surface area contributed by atoms with Crippen molar-refractivity contribution in [1.29, 1.82) is 0 Å². The lowest BCUT2D eigenvalue weighted by Gasteiger charge is -2.10. The number of benzene rings is 2. The second kappa shape index (κ2) is 9.03. The van der Waals surface area contributed by atoms with Gasteiger partial charge in [-0.3, -0.25) is 9.59 Å². The fraction of sp³-hybridized carbons (Fsp3) is 0.222. The Labute approximate surface area is 150 Å². The van der Waals surface area contributed by atoms with Crippen LogP contribution in [0, 0.1) is 12.7 Å². The Morgan fingerprint density at radius 2 is 1.84 bits per heavy atom. The Morgan fingerprint density at radius 3 is 2.56 bits per heavy atom. The van der Waals surface area contributed by atoms with Crippen LogP contribution in [-0.4, -0.2) is 31.5 Å². The molecule has 0 unspecified atom stereocenters. The average molecular weight is 365 g/mol. The standard InChI is InChI=1S/C18H18ClFN2O3/c1-12-10-13(19)6-7-16(12)25-11-17(23)21-8-9-22-18(24)14-4-2-3-5-15(14)20/h2-7,10H,8-9,11H2,1H3,(H,21,23)(H,22,24). The lowest BCUT2D eigenvalue weighted by atomic mass is 10.2. The van der Waals surface area contributed by atoms with E-state index in [0.717, 1.165) is 5.56 Å². The molecule has 5 nitrogen and oxygen atoms in total. The largest absolute Gasteiger partial charge is 0.484 e. The summed E-state index contributed by atoms with van der Waals surface area (Å²) in [5.74, 6) is -0.863. The third kappa shape index (κ3) is 5.76. The number of rotatable bonds is 7. The van der Waals surface area contributed by atoms with E-state index in [1.54, 1.807) is 24.3 Å². The molecule has 2 aromatic rings. The molecule has 0 aromatic heterocycles. The van der Waals surface area contributed by atoms with Crippen LogP contribution in [0.15, 0.2) is 42.5 Å². The number of ether oxygens (including phenoxy) is 1. The zero-order chi connectivity index (χ0) is 18.2. The molecule has 0 saturated heterocycles. The molecule has 132 valence electrons. The average Bonchev–Trinajstić information content (AvgIpc) is 2.58. The monoisotopic (exact) mass is 364 g/mol. The van der Waals surface area contributed by atoms with Crippen LogP contribution in [0.5, 0.6) is 5.75 Å². The van der Waals surface area contributed by atoms with Gasteiger partial charge < -0.3 is 15.4 Å². The second-order valence-electron chi connectivity index (χ2n) is 5.28. The minimum atomic E-state index is -0.587. The molecule has 2 N–H and O–H groups in total. The molecular weight excluding hydrogens is 347 g/mol. The van der Waals surface area contributed by atoms with Crippen molar-refractivity contribution < 1.29 is 18.7 Å². The number of carbonyl (C=O) groups excluding carboxylic acids is 2. The topological polar surface area (TPSA) is 67.4 Å². The molecule has 2 amide bonds. The van der Waals surface area contributed by atoms with E-state index in [4.69, 9.17) is 16.3 Å². The van der Waals surface area contributed by atoms with E-state index < -0.39 is 11.7 Å². The van der Waals surface area contributed by atoms with Crippen LogP contribution in [-0.2, 0) is 4.79 Å². The normalized spacial score (nSPS) is 10.2. The second-order valence-corrected chi connectivity index (χ2v) is 5.72. The van der Waals surface area contributed by atoms with Crippen molar-refractivity contribution in [3.63, 3.8) is 0 Å². The van der Waals surface area contributed by atoms with Gasteiger partial charge >= 0.3 is 0 Å². The molecule has 2 rings (SSSR count). The zero-order valence-electron chi connectivity index (χ0n) is 13.6. The van der Waals surface area contributed by atoms with Crippen molar-refractivity contribution in [3.8, 4) is 5.75 Å². The molecule has 0 spiro atoms. The van der Waals surface area contributed by atoms with E-state index in [-0.39, 0.29) is 31.2 Å². The molecule has 0 saturated carbocycles. The highest BCUT2D eigenvalue weighted by molar-refractivity contribution is 6.30. The Bertz CT molecular complexity index is 768. The lowest BCUT2D eigenvalue weighted by molar-refractivity contribution is -0.123. The Hall–Kier alpha value is -2.60. The van der Waals surface area contributed by atoms with Crippen LogP contribution in [0.25, 0.3) is 0 Å².